The van der Waals surface area contributed by atoms with E-state index in [1.54, 1.807) is 12.1 Å². The first-order valence-corrected chi connectivity index (χ1v) is 7.50. The van der Waals surface area contributed by atoms with E-state index in [0.29, 0.717) is 16.3 Å². The molecule has 0 aliphatic heterocycles. The van der Waals surface area contributed by atoms with Crippen LogP contribution in [-0.4, -0.2) is 24.1 Å². The van der Waals surface area contributed by atoms with Gasteiger partial charge in [-0.3, -0.25) is 10.1 Å². The molecular formula is C14H19BrN2O3. The van der Waals surface area contributed by atoms with Crippen LogP contribution in [-0.2, 0) is 0 Å². The van der Waals surface area contributed by atoms with Gasteiger partial charge in [0, 0.05) is 23.9 Å². The minimum atomic E-state index is -0.405. The van der Waals surface area contributed by atoms with Crippen LogP contribution in [0.4, 0.5) is 5.69 Å². The SMILES string of the molecule is CCC1(C)C(NC)CC1Oc1c(Br)cccc1[N+](=O)[O-]. The summed E-state index contributed by atoms with van der Waals surface area (Å²) in [5.41, 5.74) is 0.00323. The average molecular weight is 343 g/mol. The van der Waals surface area contributed by atoms with Crippen LogP contribution in [0.2, 0.25) is 0 Å². The number of nitro groups is 1. The number of rotatable bonds is 5. The van der Waals surface area contributed by atoms with Crippen molar-refractivity contribution in [2.45, 2.75) is 38.8 Å². The lowest BCUT2D eigenvalue weighted by atomic mass is 9.61. The summed E-state index contributed by atoms with van der Waals surface area (Å²) in [6.45, 7) is 4.28. The number of nitrogens with one attached hydrogen (secondary N) is 1. The summed E-state index contributed by atoms with van der Waals surface area (Å²) in [5, 5.41) is 14.4. The molecule has 1 aromatic carbocycles. The maximum Gasteiger partial charge on any atom is 0.312 e. The average Bonchev–Trinajstić information content (AvgIpc) is 2.42. The summed E-state index contributed by atoms with van der Waals surface area (Å²) >= 11 is 3.34. The maximum absolute atomic E-state index is 11.1. The van der Waals surface area contributed by atoms with Crippen LogP contribution in [0.3, 0.4) is 0 Å². The summed E-state index contributed by atoms with van der Waals surface area (Å²) < 4.78 is 6.61. The number of para-hydroxylation sites is 1. The Morgan fingerprint density at radius 3 is 2.85 bits per heavy atom. The Morgan fingerprint density at radius 1 is 1.60 bits per heavy atom. The molecule has 0 spiro atoms. The summed E-state index contributed by atoms with van der Waals surface area (Å²) in [6, 6.07) is 5.27. The Balaban J connectivity index is 2.26. The van der Waals surface area contributed by atoms with Gasteiger partial charge >= 0.3 is 5.69 Å². The fraction of sp³-hybridized carbons (Fsp3) is 0.571. The van der Waals surface area contributed by atoms with Gasteiger partial charge in [0.25, 0.3) is 0 Å². The van der Waals surface area contributed by atoms with E-state index in [1.807, 2.05) is 7.05 Å². The molecule has 0 aromatic heterocycles. The van der Waals surface area contributed by atoms with Gasteiger partial charge in [-0.25, -0.2) is 0 Å². The first-order chi connectivity index (χ1) is 9.43. The van der Waals surface area contributed by atoms with Crippen LogP contribution in [0, 0.1) is 15.5 Å². The molecule has 1 aliphatic carbocycles. The minimum absolute atomic E-state index is 0.00208. The van der Waals surface area contributed by atoms with Crippen molar-refractivity contribution in [2.75, 3.05) is 7.05 Å². The smallest absolute Gasteiger partial charge is 0.312 e. The zero-order chi connectivity index (χ0) is 14.9. The molecule has 20 heavy (non-hydrogen) atoms. The number of nitro benzene ring substituents is 1. The quantitative estimate of drug-likeness (QED) is 0.656. The largest absolute Gasteiger partial charge is 0.482 e. The van der Waals surface area contributed by atoms with Gasteiger partial charge in [0.2, 0.25) is 5.75 Å². The number of benzene rings is 1. The number of hydrogen-bond acceptors (Lipinski definition) is 4. The number of halogens is 1. The highest BCUT2D eigenvalue weighted by Crippen LogP contribution is 2.48. The van der Waals surface area contributed by atoms with Crippen molar-refractivity contribution in [2.24, 2.45) is 5.41 Å². The van der Waals surface area contributed by atoms with Gasteiger partial charge in [0.15, 0.2) is 0 Å². The van der Waals surface area contributed by atoms with E-state index in [0.717, 1.165) is 12.8 Å². The molecule has 3 atom stereocenters. The summed E-state index contributed by atoms with van der Waals surface area (Å²) in [6.07, 6.45) is 1.81. The minimum Gasteiger partial charge on any atom is -0.482 e. The molecule has 0 bridgehead atoms. The van der Waals surface area contributed by atoms with Gasteiger partial charge in [0.1, 0.15) is 6.10 Å². The Bertz CT molecular complexity index is 523. The summed E-state index contributed by atoms with van der Waals surface area (Å²) in [5.74, 6) is 0.330. The van der Waals surface area contributed by atoms with Crippen LogP contribution in [0.25, 0.3) is 0 Å². The second-order valence-corrected chi connectivity index (χ2v) is 6.24. The third-order valence-electron chi connectivity index (χ3n) is 4.49. The highest BCUT2D eigenvalue weighted by Gasteiger charge is 2.52. The van der Waals surface area contributed by atoms with Crippen LogP contribution < -0.4 is 10.1 Å². The molecule has 1 aliphatic rings. The van der Waals surface area contributed by atoms with Gasteiger partial charge in [-0.15, -0.1) is 0 Å². The van der Waals surface area contributed by atoms with Gasteiger partial charge in [-0.1, -0.05) is 19.9 Å². The third kappa shape index (κ3) is 2.42. The van der Waals surface area contributed by atoms with Crippen LogP contribution in [0.5, 0.6) is 5.75 Å². The van der Waals surface area contributed by atoms with Crippen molar-refractivity contribution in [3.63, 3.8) is 0 Å². The van der Waals surface area contributed by atoms with Crippen molar-refractivity contribution in [1.29, 1.82) is 0 Å². The van der Waals surface area contributed by atoms with E-state index in [4.69, 9.17) is 4.74 Å². The predicted octanol–water partition coefficient (Wildman–Crippen LogP) is 3.51. The molecule has 0 radical (unpaired) electrons. The van der Waals surface area contributed by atoms with Gasteiger partial charge in [-0.05, 0) is 35.5 Å². The normalized spacial score (nSPS) is 28.8. The topological polar surface area (TPSA) is 64.4 Å². The molecule has 2 rings (SSSR count). The highest BCUT2D eigenvalue weighted by molar-refractivity contribution is 9.10. The van der Waals surface area contributed by atoms with E-state index in [-0.39, 0.29) is 17.2 Å². The lowest BCUT2D eigenvalue weighted by molar-refractivity contribution is -0.386. The van der Waals surface area contributed by atoms with Crippen LogP contribution in [0.1, 0.15) is 26.7 Å². The Labute approximate surface area is 127 Å². The molecule has 1 aromatic rings. The van der Waals surface area contributed by atoms with Crippen molar-refractivity contribution in [3.05, 3.63) is 32.8 Å². The maximum atomic E-state index is 11.1. The van der Waals surface area contributed by atoms with E-state index < -0.39 is 4.92 Å². The molecule has 110 valence electrons. The molecule has 0 saturated heterocycles. The zero-order valence-corrected chi connectivity index (χ0v) is 13.4. The molecular weight excluding hydrogens is 324 g/mol. The van der Waals surface area contributed by atoms with Crippen LogP contribution >= 0.6 is 15.9 Å². The summed E-state index contributed by atoms with van der Waals surface area (Å²) in [4.78, 5) is 10.7. The molecule has 1 fully saturated rings. The van der Waals surface area contributed by atoms with Crippen molar-refractivity contribution in [3.8, 4) is 5.75 Å². The molecule has 6 heteroatoms. The van der Waals surface area contributed by atoms with Crippen molar-refractivity contribution >= 4 is 21.6 Å². The lowest BCUT2D eigenvalue weighted by Gasteiger charge is -2.53. The molecule has 0 amide bonds. The molecule has 1 saturated carbocycles. The first kappa shape index (κ1) is 15.3. The van der Waals surface area contributed by atoms with E-state index >= 15 is 0 Å². The van der Waals surface area contributed by atoms with E-state index in [9.17, 15) is 10.1 Å². The Hall–Kier alpha value is -1.14. The molecule has 3 unspecified atom stereocenters. The first-order valence-electron chi connectivity index (χ1n) is 6.70. The second-order valence-electron chi connectivity index (χ2n) is 5.39. The Morgan fingerprint density at radius 2 is 2.30 bits per heavy atom. The van der Waals surface area contributed by atoms with Crippen molar-refractivity contribution < 1.29 is 9.66 Å². The fourth-order valence-electron chi connectivity index (χ4n) is 2.82. The fourth-order valence-corrected chi connectivity index (χ4v) is 3.27. The molecule has 0 heterocycles. The lowest BCUT2D eigenvalue weighted by Crippen LogP contribution is -2.62. The molecule has 5 nitrogen and oxygen atoms in total. The second kappa shape index (κ2) is 5.69. The standard InChI is InChI=1S/C14H19BrN2O3/c1-4-14(2)11(16-3)8-12(14)20-13-9(15)6-5-7-10(13)17(18)19/h5-7,11-12,16H,4,8H2,1-3H3. The van der Waals surface area contributed by atoms with E-state index in [1.165, 1.54) is 6.07 Å². The summed E-state index contributed by atoms with van der Waals surface area (Å²) in [7, 11) is 1.94. The van der Waals surface area contributed by atoms with Gasteiger partial charge in [-0.2, -0.15) is 0 Å². The zero-order valence-electron chi connectivity index (χ0n) is 11.9. The predicted molar refractivity (Wildman–Crippen MR) is 81.1 cm³/mol. The van der Waals surface area contributed by atoms with Crippen LogP contribution in [0.15, 0.2) is 22.7 Å². The number of hydrogen-bond donors (Lipinski definition) is 1. The van der Waals surface area contributed by atoms with Crippen molar-refractivity contribution in [1.82, 2.24) is 5.32 Å². The highest BCUT2D eigenvalue weighted by atomic mass is 79.9. The number of nitrogens with zero attached hydrogens (tertiary/aromatic N) is 1. The van der Waals surface area contributed by atoms with Gasteiger partial charge < -0.3 is 10.1 Å². The third-order valence-corrected chi connectivity index (χ3v) is 5.12. The number of ether oxygens (including phenoxy) is 1. The van der Waals surface area contributed by atoms with E-state index in [2.05, 4.69) is 35.1 Å². The molecule has 1 N–H and O–H groups in total. The van der Waals surface area contributed by atoms with Gasteiger partial charge in [0.05, 0.1) is 9.40 Å². The Kier molecular flexibility index (Phi) is 4.34. The monoisotopic (exact) mass is 342 g/mol.